The van der Waals surface area contributed by atoms with Crippen LogP contribution >= 0.6 is 0 Å². The molecule has 0 saturated carbocycles. The molecular formula is C25H23FN4O3S. The zero-order valence-electron chi connectivity index (χ0n) is 18.2. The Labute approximate surface area is 196 Å². The number of nitrogens with two attached hydrogens (primary N) is 1. The number of carbonyl (C=O) groups is 1. The van der Waals surface area contributed by atoms with Crippen molar-refractivity contribution >= 4 is 26.8 Å². The summed E-state index contributed by atoms with van der Waals surface area (Å²) in [6, 6.07) is 18.3. The molecule has 3 aromatic carbocycles. The van der Waals surface area contributed by atoms with Crippen LogP contribution in [0.1, 0.15) is 34.8 Å². The summed E-state index contributed by atoms with van der Waals surface area (Å²) in [5.41, 5.74) is 9.24. The predicted molar refractivity (Wildman–Crippen MR) is 127 cm³/mol. The number of sulfonamides is 1. The van der Waals surface area contributed by atoms with Gasteiger partial charge in [0.15, 0.2) is 0 Å². The zero-order chi connectivity index (χ0) is 23.9. The maximum Gasteiger partial charge on any atom is 0.250 e. The van der Waals surface area contributed by atoms with Crippen LogP contribution in [0.2, 0.25) is 0 Å². The van der Waals surface area contributed by atoms with E-state index in [9.17, 15) is 17.6 Å². The van der Waals surface area contributed by atoms with E-state index in [-0.39, 0.29) is 10.8 Å². The lowest BCUT2D eigenvalue weighted by atomic mass is 9.90. The third-order valence-electron chi connectivity index (χ3n) is 6.37. The molecular weight excluding hydrogens is 455 g/mol. The number of hydrogen-bond acceptors (Lipinski definition) is 4. The Balaban J connectivity index is 1.45. The number of fused-ring (bicyclic) bond motifs is 1. The van der Waals surface area contributed by atoms with Crippen LogP contribution in [0.3, 0.4) is 0 Å². The van der Waals surface area contributed by atoms with E-state index in [1.54, 1.807) is 6.07 Å². The number of aromatic nitrogens is 2. The average Bonchev–Trinajstić information content (AvgIpc) is 3.28. The minimum atomic E-state index is -3.70. The van der Waals surface area contributed by atoms with E-state index in [1.807, 2.05) is 36.4 Å². The van der Waals surface area contributed by atoms with E-state index in [2.05, 4.69) is 10.2 Å². The van der Waals surface area contributed by atoms with Gasteiger partial charge in [0.1, 0.15) is 5.82 Å². The number of benzene rings is 3. The van der Waals surface area contributed by atoms with Crippen molar-refractivity contribution < 1.29 is 17.6 Å². The Kier molecular flexibility index (Phi) is 5.66. The maximum absolute atomic E-state index is 13.2. The van der Waals surface area contributed by atoms with Crippen molar-refractivity contribution in [3.05, 3.63) is 83.8 Å². The number of carbonyl (C=O) groups excluding carboxylic acids is 1. The van der Waals surface area contributed by atoms with Crippen LogP contribution in [0.5, 0.6) is 0 Å². The summed E-state index contributed by atoms with van der Waals surface area (Å²) in [7, 11) is -3.70. The number of aromatic amines is 1. The molecule has 0 unspecified atom stereocenters. The van der Waals surface area contributed by atoms with Crippen LogP contribution in [0, 0.1) is 5.82 Å². The first-order valence-corrected chi connectivity index (χ1v) is 12.4. The van der Waals surface area contributed by atoms with Crippen molar-refractivity contribution in [1.82, 2.24) is 14.5 Å². The number of rotatable bonds is 5. The summed E-state index contributed by atoms with van der Waals surface area (Å²) in [5, 5.41) is 8.29. The lowest BCUT2D eigenvalue weighted by Gasteiger charge is -2.30. The summed E-state index contributed by atoms with van der Waals surface area (Å²) in [5.74, 6) is -1.01. The highest BCUT2D eigenvalue weighted by atomic mass is 32.2. The molecule has 1 aliphatic heterocycles. The molecule has 1 amide bonds. The molecule has 2 heterocycles. The topological polar surface area (TPSA) is 109 Å². The average molecular weight is 479 g/mol. The number of H-pyrrole nitrogens is 1. The maximum atomic E-state index is 13.2. The number of nitrogens with zero attached hydrogens (tertiary/aromatic N) is 2. The van der Waals surface area contributed by atoms with Crippen molar-refractivity contribution in [2.24, 2.45) is 5.73 Å². The molecule has 5 rings (SSSR count). The van der Waals surface area contributed by atoms with Gasteiger partial charge in [-0.2, -0.15) is 9.40 Å². The lowest BCUT2D eigenvalue weighted by Crippen LogP contribution is -2.38. The van der Waals surface area contributed by atoms with Gasteiger partial charge in [-0.1, -0.05) is 30.3 Å². The fourth-order valence-electron chi connectivity index (χ4n) is 4.57. The van der Waals surface area contributed by atoms with E-state index in [4.69, 9.17) is 5.73 Å². The molecule has 3 N–H and O–H groups in total. The molecule has 9 heteroatoms. The third-order valence-corrected chi connectivity index (χ3v) is 8.28. The molecule has 1 saturated heterocycles. The zero-order valence-corrected chi connectivity index (χ0v) is 19.1. The van der Waals surface area contributed by atoms with Gasteiger partial charge in [0.2, 0.25) is 10.0 Å². The van der Waals surface area contributed by atoms with Gasteiger partial charge in [-0.05, 0) is 60.4 Å². The Hall–Kier alpha value is -3.56. The number of piperidine rings is 1. The highest BCUT2D eigenvalue weighted by Crippen LogP contribution is 2.36. The van der Waals surface area contributed by atoms with Crippen molar-refractivity contribution in [1.29, 1.82) is 0 Å². The fourth-order valence-corrected chi connectivity index (χ4v) is 6.04. The molecule has 4 aromatic rings. The Morgan fingerprint density at radius 3 is 2.32 bits per heavy atom. The Morgan fingerprint density at radius 1 is 1.00 bits per heavy atom. The van der Waals surface area contributed by atoms with E-state index in [1.165, 1.54) is 16.4 Å². The summed E-state index contributed by atoms with van der Waals surface area (Å²) < 4.78 is 40.6. The molecule has 34 heavy (non-hydrogen) atoms. The molecule has 0 bridgehead atoms. The molecule has 0 aliphatic carbocycles. The minimum absolute atomic E-state index is 0.0140. The van der Waals surface area contributed by atoms with E-state index in [0.29, 0.717) is 37.0 Å². The minimum Gasteiger partial charge on any atom is -0.366 e. The first-order valence-electron chi connectivity index (χ1n) is 11.0. The van der Waals surface area contributed by atoms with Gasteiger partial charge < -0.3 is 5.73 Å². The van der Waals surface area contributed by atoms with Crippen LogP contribution in [0.15, 0.2) is 71.6 Å². The van der Waals surface area contributed by atoms with Crippen LogP contribution in [0.4, 0.5) is 4.39 Å². The Bertz CT molecular complexity index is 1460. The van der Waals surface area contributed by atoms with Gasteiger partial charge in [-0.25, -0.2) is 12.8 Å². The molecule has 0 spiro atoms. The number of amides is 1. The quantitative estimate of drug-likeness (QED) is 0.451. The van der Waals surface area contributed by atoms with Crippen LogP contribution in [-0.4, -0.2) is 41.9 Å². The smallest absolute Gasteiger partial charge is 0.250 e. The van der Waals surface area contributed by atoms with Crippen molar-refractivity contribution in [2.75, 3.05) is 13.1 Å². The standard InChI is InChI=1S/C25H23FN4O3S/c26-19-6-8-20(9-7-19)34(32,33)30-12-10-17(11-13-30)23-21-14-18(16-4-2-1-3-5-16)15-22(25(27)31)24(21)29-28-23/h1-9,14-15,17H,10-13H2,(H2,27,31)(H,28,29). The predicted octanol–water partition coefficient (Wildman–Crippen LogP) is 4.04. The fraction of sp³-hybridized carbons (Fsp3) is 0.200. The second-order valence-corrected chi connectivity index (χ2v) is 10.4. The number of primary amides is 1. The molecule has 1 aliphatic rings. The first kappa shape index (κ1) is 22.2. The third kappa shape index (κ3) is 3.97. The summed E-state index contributed by atoms with van der Waals surface area (Å²) in [6.45, 7) is 0.638. The Morgan fingerprint density at radius 2 is 1.68 bits per heavy atom. The summed E-state index contributed by atoms with van der Waals surface area (Å²) in [4.78, 5) is 12.3. The summed E-state index contributed by atoms with van der Waals surface area (Å²) >= 11 is 0. The monoisotopic (exact) mass is 478 g/mol. The number of halogens is 1. The van der Waals surface area contributed by atoms with E-state index < -0.39 is 21.7 Å². The van der Waals surface area contributed by atoms with Crippen molar-refractivity contribution in [2.45, 2.75) is 23.7 Å². The van der Waals surface area contributed by atoms with Crippen molar-refractivity contribution in [3.8, 4) is 11.1 Å². The highest BCUT2D eigenvalue weighted by molar-refractivity contribution is 7.89. The normalized spacial score (nSPS) is 15.6. The van der Waals surface area contributed by atoms with Crippen molar-refractivity contribution in [3.63, 3.8) is 0 Å². The second-order valence-electron chi connectivity index (χ2n) is 8.42. The van der Waals surface area contributed by atoms with E-state index in [0.717, 1.165) is 34.3 Å². The SMILES string of the molecule is NC(=O)c1cc(-c2ccccc2)cc2c(C3CCN(S(=O)(=O)c4ccc(F)cc4)CC3)n[nH]c12. The van der Waals surface area contributed by atoms with Gasteiger partial charge in [-0.3, -0.25) is 9.89 Å². The summed E-state index contributed by atoms with van der Waals surface area (Å²) in [6.07, 6.45) is 1.14. The van der Waals surface area contributed by atoms with Gasteiger partial charge in [0.05, 0.1) is 21.7 Å². The molecule has 0 atom stereocenters. The molecule has 1 fully saturated rings. The van der Waals surface area contributed by atoms with Crippen LogP contribution in [-0.2, 0) is 10.0 Å². The molecule has 0 radical (unpaired) electrons. The largest absolute Gasteiger partial charge is 0.366 e. The van der Waals surface area contributed by atoms with Gasteiger partial charge in [0, 0.05) is 24.4 Å². The molecule has 174 valence electrons. The highest BCUT2D eigenvalue weighted by Gasteiger charge is 2.32. The molecule has 7 nitrogen and oxygen atoms in total. The van der Waals surface area contributed by atoms with Crippen LogP contribution < -0.4 is 5.73 Å². The first-order chi connectivity index (χ1) is 16.3. The second kappa shape index (κ2) is 8.66. The van der Waals surface area contributed by atoms with Gasteiger partial charge in [-0.15, -0.1) is 0 Å². The molecule has 1 aromatic heterocycles. The van der Waals surface area contributed by atoms with Gasteiger partial charge in [0.25, 0.3) is 5.91 Å². The number of hydrogen-bond donors (Lipinski definition) is 2. The number of nitrogens with one attached hydrogen (secondary N) is 1. The lowest BCUT2D eigenvalue weighted by molar-refractivity contribution is 0.100. The van der Waals surface area contributed by atoms with Crippen LogP contribution in [0.25, 0.3) is 22.0 Å². The van der Waals surface area contributed by atoms with E-state index >= 15 is 0 Å². The van der Waals surface area contributed by atoms with Gasteiger partial charge >= 0.3 is 0 Å².